The number of benzene rings is 2. The molecule has 12 heteroatoms. The van der Waals surface area contributed by atoms with E-state index in [9.17, 15) is 14.0 Å². The van der Waals surface area contributed by atoms with Gasteiger partial charge in [-0.2, -0.15) is 0 Å². The van der Waals surface area contributed by atoms with Crippen LogP contribution in [0.25, 0.3) is 22.5 Å². The first kappa shape index (κ1) is 32.1. The van der Waals surface area contributed by atoms with Crippen LogP contribution in [-0.4, -0.2) is 45.4 Å². The number of methoxy groups -OCH3 is 1. The van der Waals surface area contributed by atoms with E-state index in [2.05, 4.69) is 20.4 Å². The van der Waals surface area contributed by atoms with Gasteiger partial charge in [-0.1, -0.05) is 23.4 Å². The van der Waals surface area contributed by atoms with Gasteiger partial charge in [0, 0.05) is 17.3 Å². The number of carbonyl (C=O) groups excluding carboxylic acids is 2. The Morgan fingerprint density at radius 1 is 1.02 bits per heavy atom. The summed E-state index contributed by atoms with van der Waals surface area (Å²) in [5.74, 6) is -0.368. The van der Waals surface area contributed by atoms with Crippen LogP contribution in [0, 0.1) is 12.7 Å². The molecule has 11 nitrogen and oxygen atoms in total. The number of aryl methyl sites for hydroxylation is 1. The molecule has 0 fully saturated rings. The summed E-state index contributed by atoms with van der Waals surface area (Å²) in [6.07, 6.45) is 0.583. The van der Waals surface area contributed by atoms with Crippen LogP contribution in [0.1, 0.15) is 52.7 Å². The summed E-state index contributed by atoms with van der Waals surface area (Å²) >= 11 is 0. The number of anilines is 2. The molecular weight excluding hydrogens is 569 g/mol. The van der Waals surface area contributed by atoms with Crippen molar-refractivity contribution in [1.29, 1.82) is 0 Å². The summed E-state index contributed by atoms with van der Waals surface area (Å²) in [7, 11) is 1.53. The molecule has 0 saturated heterocycles. The summed E-state index contributed by atoms with van der Waals surface area (Å²) in [6, 6.07) is 13.2. The highest BCUT2D eigenvalue weighted by Crippen LogP contribution is 2.38. The van der Waals surface area contributed by atoms with Crippen LogP contribution in [0.2, 0.25) is 0 Å². The van der Waals surface area contributed by atoms with Gasteiger partial charge in [-0.3, -0.25) is 14.9 Å². The summed E-state index contributed by atoms with van der Waals surface area (Å²) in [5.41, 5.74) is 0.737. The SMILES string of the molecule is COc1ccccc1CC(=O)Nc1onc(-c2ccc(F)c(C)c2)c1-c1ccnc(N(OC(C)(C)C)C(=O)OC(C)(C)C)n1. The maximum atomic E-state index is 14.2. The smallest absolute Gasteiger partial charge is 0.442 e. The van der Waals surface area contributed by atoms with E-state index in [1.807, 2.05) is 6.07 Å². The predicted octanol–water partition coefficient (Wildman–Crippen LogP) is 6.91. The average Bonchev–Trinajstić information content (AvgIpc) is 3.35. The monoisotopic (exact) mass is 605 g/mol. The lowest BCUT2D eigenvalue weighted by atomic mass is 10.0. The minimum Gasteiger partial charge on any atom is -0.496 e. The molecule has 2 aromatic heterocycles. The van der Waals surface area contributed by atoms with E-state index < -0.39 is 23.2 Å². The molecule has 0 bridgehead atoms. The zero-order chi connectivity index (χ0) is 32.2. The lowest BCUT2D eigenvalue weighted by molar-refractivity contribution is -0.115. The standard InChI is InChI=1S/C32H36FN5O6/c1-19-17-21(13-14-22(19)33)27-26(28(43-37-27)36-25(39)18-20-11-9-10-12-24(20)41-8)23-15-16-34-29(35-23)38(44-32(5,6)7)30(40)42-31(2,3)4/h9-17H,18H2,1-8H3,(H,36,39). The van der Waals surface area contributed by atoms with Crippen molar-refractivity contribution in [2.45, 2.75) is 66.1 Å². The summed E-state index contributed by atoms with van der Waals surface area (Å²) in [4.78, 5) is 41.2. The molecule has 1 N–H and O–H groups in total. The summed E-state index contributed by atoms with van der Waals surface area (Å²) < 4.78 is 30.7. The molecular formula is C32H36FN5O6. The van der Waals surface area contributed by atoms with E-state index in [1.54, 1.807) is 84.9 Å². The first-order valence-electron chi connectivity index (χ1n) is 13.9. The van der Waals surface area contributed by atoms with Gasteiger partial charge in [0.25, 0.3) is 5.95 Å². The van der Waals surface area contributed by atoms with Gasteiger partial charge in [0.2, 0.25) is 11.8 Å². The van der Waals surface area contributed by atoms with Gasteiger partial charge in [0.05, 0.1) is 30.4 Å². The fraction of sp³-hybridized carbons (Fsp3) is 0.344. The highest BCUT2D eigenvalue weighted by molar-refractivity contribution is 5.97. The highest BCUT2D eigenvalue weighted by atomic mass is 19.1. The Morgan fingerprint density at radius 3 is 2.41 bits per heavy atom. The zero-order valence-corrected chi connectivity index (χ0v) is 26.0. The number of hydrogen-bond acceptors (Lipinski definition) is 9. The average molecular weight is 606 g/mol. The lowest BCUT2D eigenvalue weighted by Gasteiger charge is -2.30. The van der Waals surface area contributed by atoms with Gasteiger partial charge >= 0.3 is 6.09 Å². The quantitative estimate of drug-likeness (QED) is 0.213. The topological polar surface area (TPSA) is 129 Å². The van der Waals surface area contributed by atoms with E-state index in [1.165, 1.54) is 19.4 Å². The number of nitrogens with one attached hydrogen (secondary N) is 1. The number of hydrogen-bond donors (Lipinski definition) is 1. The number of ether oxygens (including phenoxy) is 2. The van der Waals surface area contributed by atoms with Crippen LogP contribution in [0.5, 0.6) is 5.75 Å². The number of nitrogens with zero attached hydrogens (tertiary/aromatic N) is 4. The Kier molecular flexibility index (Phi) is 9.33. The van der Waals surface area contributed by atoms with Crippen LogP contribution >= 0.6 is 0 Å². The molecule has 0 atom stereocenters. The molecule has 232 valence electrons. The summed E-state index contributed by atoms with van der Waals surface area (Å²) in [5, 5.41) is 7.86. The molecule has 2 amide bonds. The zero-order valence-electron chi connectivity index (χ0n) is 26.0. The van der Waals surface area contributed by atoms with Crippen molar-refractivity contribution in [1.82, 2.24) is 15.1 Å². The summed E-state index contributed by atoms with van der Waals surface area (Å²) in [6.45, 7) is 12.1. The maximum Gasteiger partial charge on any atom is 0.442 e. The van der Waals surface area contributed by atoms with Crippen LogP contribution in [0.15, 0.2) is 59.3 Å². The van der Waals surface area contributed by atoms with Gasteiger partial charge < -0.3 is 14.0 Å². The normalized spacial score (nSPS) is 11.7. The minimum atomic E-state index is -0.824. The fourth-order valence-corrected chi connectivity index (χ4v) is 4.12. The number of para-hydroxylation sites is 1. The molecule has 4 rings (SSSR count). The van der Waals surface area contributed by atoms with Gasteiger partial charge in [-0.05, 0) is 84.4 Å². The second kappa shape index (κ2) is 12.8. The van der Waals surface area contributed by atoms with Gasteiger partial charge in [-0.25, -0.2) is 19.2 Å². The van der Waals surface area contributed by atoms with E-state index in [4.69, 9.17) is 18.8 Å². The van der Waals surface area contributed by atoms with E-state index in [-0.39, 0.29) is 41.0 Å². The molecule has 0 radical (unpaired) electrons. The van der Waals surface area contributed by atoms with E-state index in [0.717, 1.165) is 5.06 Å². The van der Waals surface area contributed by atoms with Crippen LogP contribution in [-0.2, 0) is 20.8 Å². The number of aromatic nitrogens is 3. The van der Waals surface area contributed by atoms with Crippen LogP contribution in [0.4, 0.5) is 21.0 Å². The second-order valence-electron chi connectivity index (χ2n) is 12.0. The highest BCUT2D eigenvalue weighted by Gasteiger charge is 2.32. The second-order valence-corrected chi connectivity index (χ2v) is 12.0. The van der Waals surface area contributed by atoms with Gasteiger partial charge in [0.1, 0.15) is 22.9 Å². The third kappa shape index (κ3) is 7.95. The third-order valence-corrected chi connectivity index (χ3v) is 5.93. The number of amides is 2. The number of rotatable bonds is 8. The van der Waals surface area contributed by atoms with Crippen LogP contribution in [0.3, 0.4) is 0 Å². The minimum absolute atomic E-state index is 0.00733. The molecule has 2 aromatic carbocycles. The number of halogens is 1. The Morgan fingerprint density at radius 2 is 1.75 bits per heavy atom. The fourth-order valence-electron chi connectivity index (χ4n) is 4.12. The van der Waals surface area contributed by atoms with Crippen molar-refractivity contribution in [3.05, 3.63) is 71.7 Å². The van der Waals surface area contributed by atoms with Crippen molar-refractivity contribution < 1.29 is 32.8 Å². The molecule has 0 spiro atoms. The molecule has 0 unspecified atom stereocenters. The number of hydroxylamine groups is 1. The largest absolute Gasteiger partial charge is 0.496 e. The Bertz CT molecular complexity index is 1660. The first-order valence-corrected chi connectivity index (χ1v) is 13.9. The van der Waals surface area contributed by atoms with Gasteiger partial charge in [0.15, 0.2) is 0 Å². The third-order valence-electron chi connectivity index (χ3n) is 5.93. The van der Waals surface area contributed by atoms with Crippen molar-refractivity contribution in [2.24, 2.45) is 0 Å². The Hall–Kier alpha value is -4.84. The predicted molar refractivity (Wildman–Crippen MR) is 163 cm³/mol. The maximum absolute atomic E-state index is 14.2. The Balaban J connectivity index is 1.80. The van der Waals surface area contributed by atoms with Gasteiger partial charge in [-0.15, -0.1) is 5.06 Å². The molecule has 0 aliphatic carbocycles. The van der Waals surface area contributed by atoms with E-state index in [0.29, 0.717) is 22.4 Å². The van der Waals surface area contributed by atoms with Crippen LogP contribution < -0.4 is 15.1 Å². The van der Waals surface area contributed by atoms with E-state index >= 15 is 0 Å². The van der Waals surface area contributed by atoms with Crippen molar-refractivity contribution in [3.8, 4) is 28.3 Å². The lowest BCUT2D eigenvalue weighted by Crippen LogP contribution is -2.42. The molecule has 0 aliphatic rings. The first-order chi connectivity index (χ1) is 20.6. The molecule has 0 aliphatic heterocycles. The van der Waals surface area contributed by atoms with Crippen molar-refractivity contribution in [2.75, 3.05) is 17.5 Å². The molecule has 2 heterocycles. The molecule has 4 aromatic rings. The van der Waals surface area contributed by atoms with Crippen molar-refractivity contribution >= 4 is 23.8 Å². The number of carbonyl (C=O) groups is 2. The van der Waals surface area contributed by atoms with Crippen molar-refractivity contribution in [3.63, 3.8) is 0 Å². The Labute approximate surface area is 255 Å². The molecule has 44 heavy (non-hydrogen) atoms. The molecule has 0 saturated carbocycles.